The number of benzene rings is 2. The fraction of sp³-hybridized carbons (Fsp3) is 0. The highest BCUT2D eigenvalue weighted by Crippen LogP contribution is 2.25. The van der Waals surface area contributed by atoms with Crippen molar-refractivity contribution in [2.24, 2.45) is 0 Å². The maximum absolute atomic E-state index is 13.8. The molecule has 0 fully saturated rings. The van der Waals surface area contributed by atoms with Gasteiger partial charge in [-0.3, -0.25) is 4.79 Å². The summed E-state index contributed by atoms with van der Waals surface area (Å²) < 4.78 is 15.9. The van der Waals surface area contributed by atoms with Crippen molar-refractivity contribution in [1.29, 1.82) is 0 Å². The number of carbonyl (C=O) groups excluding carboxylic acids is 1. The summed E-state index contributed by atoms with van der Waals surface area (Å²) in [6, 6.07) is 9.05. The van der Waals surface area contributed by atoms with Crippen molar-refractivity contribution in [3.63, 3.8) is 0 Å². The summed E-state index contributed by atoms with van der Waals surface area (Å²) in [5, 5.41) is 7.10. The van der Waals surface area contributed by atoms with E-state index in [2.05, 4.69) is 31.3 Å². The van der Waals surface area contributed by atoms with Gasteiger partial charge in [0.15, 0.2) is 0 Å². The monoisotopic (exact) mass is 394 g/mol. The number of aromatic nitrogens is 3. The Kier molecular flexibility index (Phi) is 4.40. The molecule has 0 aliphatic heterocycles. The Balaban J connectivity index is 1.98. The molecular formula is C15H9BrClFN4O. The van der Waals surface area contributed by atoms with Gasteiger partial charge in [0.25, 0.3) is 5.91 Å². The first kappa shape index (κ1) is 15.6. The Morgan fingerprint density at radius 1 is 1.26 bits per heavy atom. The van der Waals surface area contributed by atoms with Crippen LogP contribution >= 0.6 is 27.5 Å². The Morgan fingerprint density at radius 2 is 2.09 bits per heavy atom. The smallest absolute Gasteiger partial charge is 0.258 e. The van der Waals surface area contributed by atoms with Crippen LogP contribution in [0.25, 0.3) is 5.69 Å². The molecule has 0 unspecified atom stereocenters. The van der Waals surface area contributed by atoms with Crippen LogP contribution in [0.3, 0.4) is 0 Å². The lowest BCUT2D eigenvalue weighted by molar-refractivity contribution is 0.102. The molecule has 3 rings (SSSR count). The van der Waals surface area contributed by atoms with Crippen LogP contribution in [0.15, 0.2) is 53.5 Å². The van der Waals surface area contributed by atoms with Gasteiger partial charge in [-0.25, -0.2) is 14.1 Å². The van der Waals surface area contributed by atoms with Gasteiger partial charge < -0.3 is 5.32 Å². The molecule has 1 N–H and O–H groups in total. The standard InChI is InChI=1S/C15H9BrClFN4O/c16-9-1-3-12(18)11(5-9)15(23)21-13-6-10(17)2-4-14(13)22-8-19-7-20-22/h1-8H,(H,21,23). The molecule has 8 heteroatoms. The molecule has 116 valence electrons. The van der Waals surface area contributed by atoms with Crippen LogP contribution in [-0.4, -0.2) is 20.7 Å². The summed E-state index contributed by atoms with van der Waals surface area (Å²) in [6.07, 6.45) is 2.85. The summed E-state index contributed by atoms with van der Waals surface area (Å²) in [5.41, 5.74) is 0.881. The van der Waals surface area contributed by atoms with Crippen LogP contribution in [0.5, 0.6) is 0 Å². The Hall–Kier alpha value is -2.25. The van der Waals surface area contributed by atoms with Crippen molar-refractivity contribution in [1.82, 2.24) is 14.8 Å². The second kappa shape index (κ2) is 6.47. The van der Waals surface area contributed by atoms with Crippen LogP contribution < -0.4 is 5.32 Å². The topological polar surface area (TPSA) is 59.8 Å². The van der Waals surface area contributed by atoms with E-state index in [1.165, 1.54) is 35.5 Å². The van der Waals surface area contributed by atoms with Gasteiger partial charge in [0.05, 0.1) is 16.9 Å². The molecule has 1 amide bonds. The van der Waals surface area contributed by atoms with E-state index in [1.54, 1.807) is 18.2 Å². The molecule has 5 nitrogen and oxygen atoms in total. The van der Waals surface area contributed by atoms with Gasteiger partial charge in [-0.2, -0.15) is 5.10 Å². The van der Waals surface area contributed by atoms with Gasteiger partial charge in [-0.1, -0.05) is 27.5 Å². The molecule has 0 atom stereocenters. The molecule has 0 aliphatic rings. The number of halogens is 3. The van der Waals surface area contributed by atoms with E-state index in [9.17, 15) is 9.18 Å². The number of nitrogens with zero attached hydrogens (tertiary/aromatic N) is 3. The molecule has 3 aromatic rings. The lowest BCUT2D eigenvalue weighted by Crippen LogP contribution is -2.15. The third-order valence-electron chi connectivity index (χ3n) is 3.05. The molecule has 0 saturated heterocycles. The zero-order valence-electron chi connectivity index (χ0n) is 11.5. The first-order valence-electron chi connectivity index (χ1n) is 6.45. The van der Waals surface area contributed by atoms with Gasteiger partial charge in [0.2, 0.25) is 0 Å². The molecular weight excluding hydrogens is 387 g/mol. The number of anilines is 1. The number of hydrogen-bond donors (Lipinski definition) is 1. The molecule has 0 spiro atoms. The first-order valence-corrected chi connectivity index (χ1v) is 7.62. The number of hydrogen-bond acceptors (Lipinski definition) is 3. The van der Waals surface area contributed by atoms with Gasteiger partial charge in [-0.05, 0) is 36.4 Å². The quantitative estimate of drug-likeness (QED) is 0.727. The normalized spacial score (nSPS) is 10.6. The van der Waals surface area contributed by atoms with E-state index >= 15 is 0 Å². The second-order valence-corrected chi connectivity index (χ2v) is 5.93. The highest BCUT2D eigenvalue weighted by atomic mass is 79.9. The Bertz CT molecular complexity index is 870. The predicted octanol–water partition coefficient (Wildman–Crippen LogP) is 4.07. The predicted molar refractivity (Wildman–Crippen MR) is 88.4 cm³/mol. The van der Waals surface area contributed by atoms with Crippen LogP contribution in [0.2, 0.25) is 5.02 Å². The molecule has 0 aliphatic carbocycles. The van der Waals surface area contributed by atoms with E-state index in [4.69, 9.17) is 11.6 Å². The summed E-state index contributed by atoms with van der Waals surface area (Å²) in [4.78, 5) is 16.2. The van der Waals surface area contributed by atoms with E-state index < -0.39 is 11.7 Å². The summed E-state index contributed by atoms with van der Waals surface area (Å²) in [5.74, 6) is -1.21. The van der Waals surface area contributed by atoms with Gasteiger partial charge in [-0.15, -0.1) is 0 Å². The molecule has 1 heterocycles. The summed E-state index contributed by atoms with van der Waals surface area (Å²) in [6.45, 7) is 0. The Morgan fingerprint density at radius 3 is 2.83 bits per heavy atom. The third-order valence-corrected chi connectivity index (χ3v) is 3.77. The number of amides is 1. The fourth-order valence-corrected chi connectivity index (χ4v) is 2.54. The highest BCUT2D eigenvalue weighted by Gasteiger charge is 2.15. The fourth-order valence-electron chi connectivity index (χ4n) is 2.00. The summed E-state index contributed by atoms with van der Waals surface area (Å²) in [7, 11) is 0. The molecule has 0 bridgehead atoms. The number of nitrogens with one attached hydrogen (secondary N) is 1. The average molecular weight is 396 g/mol. The van der Waals surface area contributed by atoms with E-state index in [0.717, 1.165) is 0 Å². The zero-order chi connectivity index (χ0) is 16.4. The minimum absolute atomic E-state index is 0.0797. The van der Waals surface area contributed by atoms with Crippen LogP contribution in [0.1, 0.15) is 10.4 Å². The lowest BCUT2D eigenvalue weighted by Gasteiger charge is -2.12. The largest absolute Gasteiger partial charge is 0.320 e. The number of carbonyl (C=O) groups is 1. The van der Waals surface area contributed by atoms with Crippen molar-refractivity contribution < 1.29 is 9.18 Å². The van der Waals surface area contributed by atoms with Gasteiger partial charge in [0, 0.05) is 9.50 Å². The van der Waals surface area contributed by atoms with Crippen LogP contribution in [0, 0.1) is 5.82 Å². The minimum atomic E-state index is -0.616. The van der Waals surface area contributed by atoms with Crippen molar-refractivity contribution in [3.05, 3.63) is 69.9 Å². The van der Waals surface area contributed by atoms with Gasteiger partial charge in [0.1, 0.15) is 18.5 Å². The molecule has 0 saturated carbocycles. The van der Waals surface area contributed by atoms with Crippen molar-refractivity contribution >= 4 is 39.1 Å². The first-order chi connectivity index (χ1) is 11.0. The molecule has 23 heavy (non-hydrogen) atoms. The average Bonchev–Trinajstić information content (AvgIpc) is 3.04. The van der Waals surface area contributed by atoms with E-state index in [1.807, 2.05) is 0 Å². The minimum Gasteiger partial charge on any atom is -0.320 e. The van der Waals surface area contributed by atoms with Gasteiger partial charge >= 0.3 is 0 Å². The summed E-state index contributed by atoms with van der Waals surface area (Å²) >= 11 is 9.20. The SMILES string of the molecule is O=C(Nc1cc(Cl)ccc1-n1cncn1)c1cc(Br)ccc1F. The lowest BCUT2D eigenvalue weighted by atomic mass is 10.2. The molecule has 1 aromatic heterocycles. The van der Waals surface area contributed by atoms with E-state index in [0.29, 0.717) is 20.9 Å². The van der Waals surface area contributed by atoms with Crippen LogP contribution in [0.4, 0.5) is 10.1 Å². The number of rotatable bonds is 3. The van der Waals surface area contributed by atoms with Crippen molar-refractivity contribution in [2.45, 2.75) is 0 Å². The van der Waals surface area contributed by atoms with E-state index in [-0.39, 0.29) is 5.56 Å². The molecule has 2 aromatic carbocycles. The van der Waals surface area contributed by atoms with Crippen molar-refractivity contribution in [2.75, 3.05) is 5.32 Å². The second-order valence-electron chi connectivity index (χ2n) is 4.58. The third kappa shape index (κ3) is 3.40. The zero-order valence-corrected chi connectivity index (χ0v) is 13.8. The highest BCUT2D eigenvalue weighted by molar-refractivity contribution is 9.10. The maximum atomic E-state index is 13.8. The Labute approximate surface area is 144 Å². The van der Waals surface area contributed by atoms with Crippen molar-refractivity contribution in [3.8, 4) is 5.69 Å². The maximum Gasteiger partial charge on any atom is 0.258 e. The molecule has 0 radical (unpaired) electrons. The van der Waals surface area contributed by atoms with Crippen LogP contribution in [-0.2, 0) is 0 Å².